The minimum atomic E-state index is -0.0433. The lowest BCUT2D eigenvalue weighted by Crippen LogP contribution is -2.27. The number of amides is 2. The highest BCUT2D eigenvalue weighted by Gasteiger charge is 2.34. The number of thioether (sulfide) groups is 1. The molecule has 0 aliphatic carbocycles. The highest BCUT2D eigenvalue weighted by molar-refractivity contribution is 8.00. The largest absolute Gasteiger partial charge is 0.326 e. The summed E-state index contributed by atoms with van der Waals surface area (Å²) in [6.45, 7) is 8.26. The number of aryl methyl sites for hydroxylation is 1. The minimum Gasteiger partial charge on any atom is -0.326 e. The summed E-state index contributed by atoms with van der Waals surface area (Å²) < 4.78 is 0. The van der Waals surface area contributed by atoms with E-state index in [1.165, 1.54) is 5.56 Å². The molecule has 0 bridgehead atoms. The quantitative estimate of drug-likeness (QED) is 0.736. The predicted molar refractivity (Wildman–Crippen MR) is 118 cm³/mol. The van der Waals surface area contributed by atoms with Crippen LogP contribution in [0.1, 0.15) is 50.6 Å². The van der Waals surface area contributed by atoms with Gasteiger partial charge >= 0.3 is 0 Å². The van der Waals surface area contributed by atoms with Crippen LogP contribution in [0.5, 0.6) is 0 Å². The van der Waals surface area contributed by atoms with Gasteiger partial charge in [-0.3, -0.25) is 14.5 Å². The first-order chi connectivity index (χ1) is 13.3. The smallest absolute Gasteiger partial charge is 0.238 e. The average molecular weight is 397 g/mol. The molecule has 1 saturated heterocycles. The Hall–Kier alpha value is -2.27. The molecule has 2 amide bonds. The van der Waals surface area contributed by atoms with Crippen LogP contribution in [-0.4, -0.2) is 17.6 Å². The predicted octanol–water partition coefficient (Wildman–Crippen LogP) is 5.40. The number of carbonyl (C=O) groups is 2. The van der Waals surface area contributed by atoms with Crippen LogP contribution in [0.3, 0.4) is 0 Å². The molecule has 2 aromatic rings. The second-order valence-corrected chi connectivity index (χ2v) is 9.43. The van der Waals surface area contributed by atoms with Crippen LogP contribution in [0, 0.1) is 5.41 Å². The summed E-state index contributed by atoms with van der Waals surface area (Å²) in [5.74, 6) is 0.625. The lowest BCUT2D eigenvalue weighted by Gasteiger charge is -2.25. The number of rotatable bonds is 5. The summed E-state index contributed by atoms with van der Waals surface area (Å²) >= 11 is 1.64. The van der Waals surface area contributed by atoms with E-state index in [-0.39, 0.29) is 22.6 Å². The highest BCUT2D eigenvalue weighted by Crippen LogP contribution is 2.42. The third-order valence-corrected chi connectivity index (χ3v) is 5.85. The van der Waals surface area contributed by atoms with Crippen LogP contribution >= 0.6 is 11.8 Å². The number of nitrogens with one attached hydrogen (secondary N) is 1. The number of anilines is 2. The fraction of sp³-hybridized carbons (Fsp3) is 0.391. The first-order valence-corrected chi connectivity index (χ1v) is 10.7. The molecule has 1 aliphatic heterocycles. The van der Waals surface area contributed by atoms with Crippen LogP contribution in [-0.2, 0) is 16.0 Å². The van der Waals surface area contributed by atoms with Crippen molar-refractivity contribution in [1.82, 2.24) is 0 Å². The van der Waals surface area contributed by atoms with Gasteiger partial charge < -0.3 is 5.32 Å². The molecule has 0 saturated carbocycles. The Kier molecular flexibility index (Phi) is 6.14. The van der Waals surface area contributed by atoms with Crippen molar-refractivity contribution in [3.8, 4) is 0 Å². The van der Waals surface area contributed by atoms with E-state index in [1.807, 2.05) is 62.1 Å². The van der Waals surface area contributed by atoms with E-state index in [1.54, 1.807) is 11.8 Å². The molecule has 5 heteroatoms. The van der Waals surface area contributed by atoms with Gasteiger partial charge in [0, 0.05) is 17.8 Å². The lowest BCUT2D eigenvalue weighted by molar-refractivity contribution is -0.118. The normalized spacial score (nSPS) is 17.1. The van der Waals surface area contributed by atoms with Gasteiger partial charge in [0.15, 0.2) is 0 Å². The van der Waals surface area contributed by atoms with Crippen molar-refractivity contribution in [3.63, 3.8) is 0 Å². The highest BCUT2D eigenvalue weighted by atomic mass is 32.2. The molecule has 1 fully saturated rings. The topological polar surface area (TPSA) is 49.4 Å². The Labute approximate surface area is 171 Å². The van der Waals surface area contributed by atoms with Gasteiger partial charge in [-0.25, -0.2) is 0 Å². The van der Waals surface area contributed by atoms with Gasteiger partial charge in [0.1, 0.15) is 5.37 Å². The second-order valence-electron chi connectivity index (χ2n) is 8.36. The van der Waals surface area contributed by atoms with E-state index in [0.717, 1.165) is 23.4 Å². The van der Waals surface area contributed by atoms with Gasteiger partial charge in [0.05, 0.1) is 5.75 Å². The fourth-order valence-corrected chi connectivity index (χ4v) is 4.47. The first kappa shape index (κ1) is 20.5. The molecule has 148 valence electrons. The molecule has 2 aromatic carbocycles. The Balaban J connectivity index is 1.76. The Morgan fingerprint density at radius 3 is 2.54 bits per heavy atom. The standard InChI is InChI=1S/C23H28N2O2S/c1-5-16-7-6-8-19(13-16)25-21(27)15-28-22(25)17-9-11-18(12-10-17)24-20(26)14-23(2,3)4/h6-13,22H,5,14-15H2,1-4H3,(H,24,26)/t22-/m1/s1. The van der Waals surface area contributed by atoms with Gasteiger partial charge in [0.25, 0.3) is 0 Å². The monoisotopic (exact) mass is 396 g/mol. The molecule has 28 heavy (non-hydrogen) atoms. The Bertz CT molecular complexity index is 856. The molecular formula is C23H28N2O2S. The van der Waals surface area contributed by atoms with Crippen LogP contribution in [0.15, 0.2) is 48.5 Å². The molecule has 4 nitrogen and oxygen atoms in total. The fourth-order valence-electron chi connectivity index (χ4n) is 3.29. The van der Waals surface area contributed by atoms with E-state index >= 15 is 0 Å². The maximum absolute atomic E-state index is 12.6. The van der Waals surface area contributed by atoms with Crippen LogP contribution in [0.4, 0.5) is 11.4 Å². The van der Waals surface area contributed by atoms with Crippen molar-refractivity contribution in [2.75, 3.05) is 16.0 Å². The van der Waals surface area contributed by atoms with Gasteiger partial charge in [-0.1, -0.05) is 52.0 Å². The number of hydrogen-bond acceptors (Lipinski definition) is 3. The van der Waals surface area contributed by atoms with Crippen molar-refractivity contribution in [2.45, 2.75) is 45.9 Å². The summed E-state index contributed by atoms with van der Waals surface area (Å²) in [5.41, 5.74) is 3.97. The van der Waals surface area contributed by atoms with E-state index < -0.39 is 0 Å². The van der Waals surface area contributed by atoms with E-state index in [4.69, 9.17) is 0 Å². The lowest BCUT2D eigenvalue weighted by atomic mass is 9.92. The van der Waals surface area contributed by atoms with Crippen molar-refractivity contribution >= 4 is 35.0 Å². The maximum atomic E-state index is 12.6. The molecule has 1 heterocycles. The van der Waals surface area contributed by atoms with Crippen LogP contribution in [0.25, 0.3) is 0 Å². The third-order valence-electron chi connectivity index (χ3n) is 4.64. The summed E-state index contributed by atoms with van der Waals surface area (Å²) in [6, 6.07) is 16.0. The van der Waals surface area contributed by atoms with Crippen molar-refractivity contribution < 1.29 is 9.59 Å². The van der Waals surface area contributed by atoms with Crippen LogP contribution < -0.4 is 10.2 Å². The summed E-state index contributed by atoms with van der Waals surface area (Å²) in [6.07, 6.45) is 1.42. The molecule has 1 aliphatic rings. The summed E-state index contributed by atoms with van der Waals surface area (Å²) in [4.78, 5) is 26.6. The molecule has 0 unspecified atom stereocenters. The average Bonchev–Trinajstić information content (AvgIpc) is 3.02. The van der Waals surface area contributed by atoms with Crippen molar-refractivity contribution in [1.29, 1.82) is 0 Å². The zero-order valence-electron chi connectivity index (χ0n) is 17.0. The molecule has 0 aromatic heterocycles. The van der Waals surface area contributed by atoms with Gasteiger partial charge in [-0.15, -0.1) is 11.8 Å². The minimum absolute atomic E-state index is 0.0173. The number of hydrogen-bond donors (Lipinski definition) is 1. The van der Waals surface area contributed by atoms with Gasteiger partial charge in [-0.2, -0.15) is 0 Å². The second kappa shape index (κ2) is 8.39. The zero-order valence-corrected chi connectivity index (χ0v) is 17.8. The Morgan fingerprint density at radius 2 is 1.89 bits per heavy atom. The van der Waals surface area contributed by atoms with E-state index in [0.29, 0.717) is 12.2 Å². The molecule has 0 spiro atoms. The molecule has 1 N–H and O–H groups in total. The van der Waals surface area contributed by atoms with Crippen molar-refractivity contribution in [3.05, 3.63) is 59.7 Å². The van der Waals surface area contributed by atoms with Crippen molar-refractivity contribution in [2.24, 2.45) is 5.41 Å². The molecule has 1 atom stereocenters. The summed E-state index contributed by atoms with van der Waals surface area (Å²) in [5, 5.41) is 2.91. The number of nitrogens with zero attached hydrogens (tertiary/aromatic N) is 1. The Morgan fingerprint density at radius 1 is 1.18 bits per heavy atom. The molecule has 0 radical (unpaired) electrons. The molecular weight excluding hydrogens is 368 g/mol. The van der Waals surface area contributed by atoms with Gasteiger partial charge in [0.2, 0.25) is 11.8 Å². The third kappa shape index (κ3) is 4.96. The number of carbonyl (C=O) groups excluding carboxylic acids is 2. The van der Waals surface area contributed by atoms with E-state index in [2.05, 4.69) is 24.4 Å². The maximum Gasteiger partial charge on any atom is 0.238 e. The number of benzene rings is 2. The van der Waals surface area contributed by atoms with Gasteiger partial charge in [-0.05, 0) is 47.2 Å². The summed E-state index contributed by atoms with van der Waals surface area (Å²) in [7, 11) is 0. The zero-order chi connectivity index (χ0) is 20.3. The van der Waals surface area contributed by atoms with Crippen LogP contribution in [0.2, 0.25) is 0 Å². The SMILES string of the molecule is CCc1cccc(N2C(=O)CS[C@@H]2c2ccc(NC(=O)CC(C)(C)C)cc2)c1. The first-order valence-electron chi connectivity index (χ1n) is 9.69. The molecule has 3 rings (SSSR count). The van der Waals surface area contributed by atoms with E-state index in [9.17, 15) is 9.59 Å².